The lowest BCUT2D eigenvalue weighted by Crippen LogP contribution is -2.49. The maximum absolute atomic E-state index is 13.4. The second-order valence-electron chi connectivity index (χ2n) is 8.57. The number of benzene rings is 3. The Morgan fingerprint density at radius 3 is 2.41 bits per heavy atom. The zero-order valence-electron chi connectivity index (χ0n) is 19.8. The highest BCUT2D eigenvalue weighted by molar-refractivity contribution is 6.25. The van der Waals surface area contributed by atoms with E-state index >= 15 is 0 Å². The molecular formula is C28H31N3O3. The maximum Gasteiger partial charge on any atom is 0.258 e. The van der Waals surface area contributed by atoms with E-state index < -0.39 is 6.04 Å². The molecule has 0 fully saturated rings. The molecular weight excluding hydrogens is 426 g/mol. The first-order chi connectivity index (χ1) is 16.5. The third-order valence-electron chi connectivity index (χ3n) is 6.35. The van der Waals surface area contributed by atoms with Crippen molar-refractivity contribution in [1.82, 2.24) is 10.2 Å². The van der Waals surface area contributed by atoms with Crippen molar-refractivity contribution < 1.29 is 14.4 Å². The number of carbonyl (C=O) groups is 3. The van der Waals surface area contributed by atoms with E-state index in [4.69, 9.17) is 0 Å². The Bertz CT molecular complexity index is 1190. The van der Waals surface area contributed by atoms with Crippen LogP contribution in [0.4, 0.5) is 5.69 Å². The summed E-state index contributed by atoms with van der Waals surface area (Å²) >= 11 is 0. The Morgan fingerprint density at radius 1 is 0.971 bits per heavy atom. The Morgan fingerprint density at radius 2 is 1.71 bits per heavy atom. The molecule has 1 aliphatic heterocycles. The van der Waals surface area contributed by atoms with Gasteiger partial charge >= 0.3 is 0 Å². The van der Waals surface area contributed by atoms with E-state index in [1.54, 1.807) is 9.80 Å². The van der Waals surface area contributed by atoms with Gasteiger partial charge in [-0.25, -0.2) is 0 Å². The first kappa shape index (κ1) is 23.5. The lowest BCUT2D eigenvalue weighted by atomic mass is 10.1. The number of rotatable bonds is 10. The van der Waals surface area contributed by atoms with Crippen molar-refractivity contribution >= 4 is 34.2 Å². The van der Waals surface area contributed by atoms with Crippen LogP contribution >= 0.6 is 0 Å². The van der Waals surface area contributed by atoms with Crippen molar-refractivity contribution in [2.75, 3.05) is 18.0 Å². The SMILES string of the molecule is CCNC(=O)[C@H](CC)N(Cc1ccccc1)C(=O)CCCN1C(=O)c2cccc3cccc1c23. The highest BCUT2D eigenvalue weighted by atomic mass is 16.2. The number of hydrogen-bond acceptors (Lipinski definition) is 3. The molecule has 0 saturated heterocycles. The summed E-state index contributed by atoms with van der Waals surface area (Å²) in [7, 11) is 0. The largest absolute Gasteiger partial charge is 0.355 e. The van der Waals surface area contributed by atoms with Crippen molar-refractivity contribution in [3.8, 4) is 0 Å². The van der Waals surface area contributed by atoms with E-state index in [0.717, 1.165) is 22.0 Å². The molecule has 4 rings (SSSR count). The number of anilines is 1. The van der Waals surface area contributed by atoms with Gasteiger partial charge in [0.1, 0.15) is 6.04 Å². The van der Waals surface area contributed by atoms with Gasteiger partial charge in [0.25, 0.3) is 5.91 Å². The summed E-state index contributed by atoms with van der Waals surface area (Å²) in [5.41, 5.74) is 2.60. The Kier molecular flexibility index (Phi) is 7.26. The van der Waals surface area contributed by atoms with E-state index in [2.05, 4.69) is 5.32 Å². The van der Waals surface area contributed by atoms with Crippen LogP contribution < -0.4 is 10.2 Å². The molecule has 3 aromatic rings. The van der Waals surface area contributed by atoms with Gasteiger partial charge in [-0.3, -0.25) is 14.4 Å². The summed E-state index contributed by atoms with van der Waals surface area (Å²) in [6.07, 6.45) is 1.32. The van der Waals surface area contributed by atoms with Crippen LogP contribution in [-0.2, 0) is 16.1 Å². The van der Waals surface area contributed by atoms with Gasteiger partial charge in [0.05, 0.1) is 5.69 Å². The van der Waals surface area contributed by atoms with Crippen molar-refractivity contribution in [3.05, 3.63) is 77.9 Å². The minimum absolute atomic E-state index is 0.0193. The molecule has 0 saturated carbocycles. The zero-order valence-corrected chi connectivity index (χ0v) is 19.8. The maximum atomic E-state index is 13.4. The number of amides is 3. The molecule has 0 aromatic heterocycles. The van der Waals surface area contributed by atoms with Crippen LogP contribution in [-0.4, -0.2) is 41.8 Å². The van der Waals surface area contributed by atoms with Crippen molar-refractivity contribution in [1.29, 1.82) is 0 Å². The van der Waals surface area contributed by atoms with Gasteiger partial charge in [-0.1, -0.05) is 61.5 Å². The van der Waals surface area contributed by atoms with Crippen molar-refractivity contribution in [2.45, 2.75) is 45.7 Å². The molecule has 6 heteroatoms. The molecule has 1 heterocycles. The molecule has 0 unspecified atom stereocenters. The quantitative estimate of drug-likeness (QED) is 0.487. The Balaban J connectivity index is 1.47. The van der Waals surface area contributed by atoms with Gasteiger partial charge in [-0.05, 0) is 42.8 Å². The van der Waals surface area contributed by atoms with E-state index in [0.29, 0.717) is 38.0 Å². The summed E-state index contributed by atoms with van der Waals surface area (Å²) in [5.74, 6) is -0.232. The molecule has 1 N–H and O–H groups in total. The first-order valence-corrected chi connectivity index (χ1v) is 12.0. The predicted molar refractivity (Wildman–Crippen MR) is 135 cm³/mol. The monoisotopic (exact) mass is 457 g/mol. The minimum atomic E-state index is -0.529. The highest BCUT2D eigenvalue weighted by Gasteiger charge is 2.31. The van der Waals surface area contributed by atoms with Crippen LogP contribution in [0.5, 0.6) is 0 Å². The number of nitrogens with zero attached hydrogens (tertiary/aromatic N) is 2. The Labute approximate surface area is 200 Å². The summed E-state index contributed by atoms with van der Waals surface area (Å²) < 4.78 is 0. The average molecular weight is 458 g/mol. The van der Waals surface area contributed by atoms with Crippen LogP contribution in [0, 0.1) is 0 Å². The van der Waals surface area contributed by atoms with Gasteiger partial charge in [0.15, 0.2) is 0 Å². The molecule has 0 radical (unpaired) electrons. The highest BCUT2D eigenvalue weighted by Crippen LogP contribution is 2.37. The number of nitrogens with one attached hydrogen (secondary N) is 1. The summed E-state index contributed by atoms with van der Waals surface area (Å²) in [4.78, 5) is 42.5. The molecule has 3 amide bonds. The fourth-order valence-corrected chi connectivity index (χ4v) is 4.72. The molecule has 1 atom stereocenters. The van der Waals surface area contributed by atoms with Crippen molar-refractivity contribution in [2.24, 2.45) is 0 Å². The standard InChI is InChI=1S/C28H31N3O3/c1-3-23(27(33)29-4-2)31(19-20-11-6-5-7-12-20)25(32)17-10-18-30-24-16-9-14-21-13-8-15-22(26(21)24)28(30)34/h5-9,11-16,23H,3-4,10,17-19H2,1-2H3,(H,29,33)/t23-/m0/s1. The second kappa shape index (κ2) is 10.5. The normalized spacial score (nSPS) is 13.2. The van der Waals surface area contributed by atoms with E-state index in [9.17, 15) is 14.4 Å². The fourth-order valence-electron chi connectivity index (χ4n) is 4.72. The summed E-state index contributed by atoms with van der Waals surface area (Å²) in [5, 5.41) is 4.89. The molecule has 1 aliphatic rings. The van der Waals surface area contributed by atoms with Crippen molar-refractivity contribution in [3.63, 3.8) is 0 Å². The zero-order chi connectivity index (χ0) is 24.1. The molecule has 0 aliphatic carbocycles. The molecule has 0 bridgehead atoms. The third-order valence-corrected chi connectivity index (χ3v) is 6.35. The number of likely N-dealkylation sites (N-methyl/N-ethyl adjacent to an activating group) is 1. The van der Waals surface area contributed by atoms with Crippen LogP contribution in [0.15, 0.2) is 66.7 Å². The van der Waals surface area contributed by atoms with E-state index in [1.807, 2.05) is 80.6 Å². The van der Waals surface area contributed by atoms with Gasteiger partial charge < -0.3 is 15.1 Å². The molecule has 176 valence electrons. The first-order valence-electron chi connectivity index (χ1n) is 12.0. The summed E-state index contributed by atoms with van der Waals surface area (Å²) in [6, 6.07) is 20.9. The Hall–Kier alpha value is -3.67. The van der Waals surface area contributed by atoms with Crippen LogP contribution in [0.3, 0.4) is 0 Å². The number of carbonyl (C=O) groups excluding carboxylic acids is 3. The average Bonchev–Trinajstić information content (AvgIpc) is 3.13. The van der Waals surface area contributed by atoms with Gasteiger partial charge in [0.2, 0.25) is 11.8 Å². The van der Waals surface area contributed by atoms with E-state index in [-0.39, 0.29) is 24.1 Å². The van der Waals surface area contributed by atoms with E-state index in [1.165, 1.54) is 0 Å². The smallest absolute Gasteiger partial charge is 0.258 e. The molecule has 3 aromatic carbocycles. The van der Waals surface area contributed by atoms with Gasteiger partial charge in [-0.15, -0.1) is 0 Å². The lowest BCUT2D eigenvalue weighted by molar-refractivity contribution is -0.141. The van der Waals surface area contributed by atoms with Gasteiger partial charge in [0, 0.05) is 37.0 Å². The fraction of sp³-hybridized carbons (Fsp3) is 0.321. The third kappa shape index (κ3) is 4.67. The minimum Gasteiger partial charge on any atom is -0.355 e. The lowest BCUT2D eigenvalue weighted by Gasteiger charge is -2.31. The molecule has 0 spiro atoms. The van der Waals surface area contributed by atoms with Crippen LogP contribution in [0.1, 0.15) is 49.0 Å². The predicted octanol–water partition coefficient (Wildman–Crippen LogP) is 4.52. The molecule has 6 nitrogen and oxygen atoms in total. The topological polar surface area (TPSA) is 69.7 Å². The second-order valence-corrected chi connectivity index (χ2v) is 8.57. The van der Waals surface area contributed by atoms with Crippen LogP contribution in [0.2, 0.25) is 0 Å². The summed E-state index contributed by atoms with van der Waals surface area (Å²) in [6.45, 7) is 5.15. The number of hydrogen-bond donors (Lipinski definition) is 1. The molecule has 34 heavy (non-hydrogen) atoms. The van der Waals surface area contributed by atoms with Crippen LogP contribution in [0.25, 0.3) is 10.8 Å². The van der Waals surface area contributed by atoms with Gasteiger partial charge in [-0.2, -0.15) is 0 Å².